The molecule has 0 radical (unpaired) electrons. The number of thiophene rings is 1. The van der Waals surface area contributed by atoms with Gasteiger partial charge in [-0.1, -0.05) is 6.07 Å². The molecule has 0 aliphatic carbocycles. The van der Waals surface area contributed by atoms with Crippen molar-refractivity contribution >= 4 is 33.1 Å². The van der Waals surface area contributed by atoms with Crippen LogP contribution in [0, 0.1) is 0 Å². The molecule has 9 heteroatoms. The molecule has 0 bridgehead atoms. The van der Waals surface area contributed by atoms with Crippen LogP contribution >= 0.6 is 11.3 Å². The molecule has 0 fully saturated rings. The third kappa shape index (κ3) is 4.76. The molecule has 2 heterocycles. The van der Waals surface area contributed by atoms with Gasteiger partial charge in [-0.15, -0.1) is 11.3 Å². The van der Waals surface area contributed by atoms with Crippen molar-refractivity contribution in [2.75, 3.05) is 12.4 Å². The van der Waals surface area contributed by atoms with Gasteiger partial charge in [-0.3, -0.25) is 5.32 Å². The number of sulfonamides is 1. The van der Waals surface area contributed by atoms with Crippen LogP contribution in [0.1, 0.15) is 10.4 Å². The first-order valence-electron chi connectivity index (χ1n) is 7.97. The van der Waals surface area contributed by atoms with Crippen LogP contribution in [0.25, 0.3) is 0 Å². The fourth-order valence-corrected chi connectivity index (χ4v) is 4.62. The van der Waals surface area contributed by atoms with Gasteiger partial charge < -0.3 is 9.15 Å². The maximum atomic E-state index is 13.2. The Labute approximate surface area is 161 Å². The minimum atomic E-state index is -3.75. The summed E-state index contributed by atoms with van der Waals surface area (Å²) < 4.78 is 37.3. The van der Waals surface area contributed by atoms with E-state index in [-0.39, 0.29) is 18.0 Å². The predicted octanol–water partition coefficient (Wildman–Crippen LogP) is 3.91. The standard InChI is InChI=1S/C18H18N2O5S2/c1-24-18(21)19-15-4-6-17(7-5-15)27(22,23)20(11-14-8-9-25-13-14)12-16-3-2-10-26-16/h2-10,13H,11-12H2,1H3,(H,19,21). The second-order valence-corrected chi connectivity index (χ2v) is 8.60. The third-order valence-electron chi connectivity index (χ3n) is 3.78. The Morgan fingerprint density at radius 1 is 1.19 bits per heavy atom. The number of nitrogens with one attached hydrogen (secondary N) is 1. The molecule has 1 amide bonds. The lowest BCUT2D eigenvalue weighted by atomic mass is 10.3. The quantitative estimate of drug-likeness (QED) is 0.643. The predicted molar refractivity (Wildman–Crippen MR) is 102 cm³/mol. The second kappa shape index (κ2) is 8.38. The van der Waals surface area contributed by atoms with E-state index in [1.165, 1.54) is 59.5 Å². The topological polar surface area (TPSA) is 88.8 Å². The van der Waals surface area contributed by atoms with Gasteiger partial charge in [0.05, 0.1) is 24.5 Å². The fourth-order valence-electron chi connectivity index (χ4n) is 2.42. The molecule has 0 spiro atoms. The number of hydrogen-bond donors (Lipinski definition) is 1. The van der Waals surface area contributed by atoms with Gasteiger partial charge in [0.15, 0.2) is 0 Å². The monoisotopic (exact) mass is 406 g/mol. The first-order chi connectivity index (χ1) is 13.0. The van der Waals surface area contributed by atoms with E-state index in [9.17, 15) is 13.2 Å². The van der Waals surface area contributed by atoms with Gasteiger partial charge in [-0.2, -0.15) is 4.31 Å². The number of carbonyl (C=O) groups excluding carboxylic acids is 1. The Kier molecular flexibility index (Phi) is 5.94. The Hall–Kier alpha value is -2.62. The van der Waals surface area contributed by atoms with E-state index < -0.39 is 16.1 Å². The molecule has 1 aromatic carbocycles. The SMILES string of the molecule is COC(=O)Nc1ccc(S(=O)(=O)N(Cc2ccoc2)Cc2cccs2)cc1. The highest BCUT2D eigenvalue weighted by Crippen LogP contribution is 2.24. The molecule has 3 rings (SSSR count). The van der Waals surface area contributed by atoms with E-state index >= 15 is 0 Å². The van der Waals surface area contributed by atoms with Gasteiger partial charge in [0.25, 0.3) is 0 Å². The number of anilines is 1. The smallest absolute Gasteiger partial charge is 0.411 e. The van der Waals surface area contributed by atoms with Crippen LogP contribution in [0.2, 0.25) is 0 Å². The molecule has 0 atom stereocenters. The third-order valence-corrected chi connectivity index (χ3v) is 6.44. The van der Waals surface area contributed by atoms with E-state index in [1.54, 1.807) is 6.07 Å². The Morgan fingerprint density at radius 3 is 2.56 bits per heavy atom. The van der Waals surface area contributed by atoms with Crippen LogP contribution in [-0.4, -0.2) is 25.9 Å². The summed E-state index contributed by atoms with van der Waals surface area (Å²) in [5.74, 6) is 0. The number of benzene rings is 1. The fraction of sp³-hybridized carbons (Fsp3) is 0.167. The van der Waals surface area contributed by atoms with Crippen LogP contribution in [0.15, 0.2) is 69.7 Å². The van der Waals surface area contributed by atoms with Crippen molar-refractivity contribution in [3.05, 3.63) is 70.8 Å². The molecule has 0 saturated carbocycles. The molecule has 0 unspecified atom stereocenters. The van der Waals surface area contributed by atoms with Gasteiger partial charge in [0, 0.05) is 29.2 Å². The molecule has 0 aliphatic rings. The molecule has 27 heavy (non-hydrogen) atoms. The number of ether oxygens (including phenoxy) is 1. The van der Waals surface area contributed by atoms with Crippen molar-refractivity contribution in [1.82, 2.24) is 4.31 Å². The first-order valence-corrected chi connectivity index (χ1v) is 10.3. The van der Waals surface area contributed by atoms with Gasteiger partial charge in [-0.25, -0.2) is 13.2 Å². The highest BCUT2D eigenvalue weighted by Gasteiger charge is 2.25. The summed E-state index contributed by atoms with van der Waals surface area (Å²) in [5, 5.41) is 4.40. The number of carbonyl (C=O) groups is 1. The zero-order valence-electron chi connectivity index (χ0n) is 14.5. The molecule has 7 nitrogen and oxygen atoms in total. The molecule has 0 saturated heterocycles. The minimum absolute atomic E-state index is 0.137. The minimum Gasteiger partial charge on any atom is -0.472 e. The van der Waals surface area contributed by atoms with E-state index in [0.29, 0.717) is 5.69 Å². The summed E-state index contributed by atoms with van der Waals surface area (Å²) in [6.07, 6.45) is 2.42. The normalized spacial score (nSPS) is 11.5. The van der Waals surface area contributed by atoms with Gasteiger partial charge in [0.1, 0.15) is 0 Å². The summed E-state index contributed by atoms with van der Waals surface area (Å²) in [4.78, 5) is 12.3. The molecular formula is C18H18N2O5S2. The van der Waals surface area contributed by atoms with Crippen molar-refractivity contribution in [1.29, 1.82) is 0 Å². The Balaban J connectivity index is 1.86. The molecule has 1 N–H and O–H groups in total. The average molecular weight is 406 g/mol. The molecule has 142 valence electrons. The number of amides is 1. The summed E-state index contributed by atoms with van der Waals surface area (Å²) in [7, 11) is -2.49. The molecular weight excluding hydrogens is 388 g/mol. The van der Waals surface area contributed by atoms with E-state index in [4.69, 9.17) is 4.42 Å². The molecule has 0 aliphatic heterocycles. The van der Waals surface area contributed by atoms with Gasteiger partial charge in [-0.05, 0) is 41.8 Å². The van der Waals surface area contributed by atoms with Crippen molar-refractivity contribution < 1.29 is 22.4 Å². The van der Waals surface area contributed by atoms with Crippen LogP contribution < -0.4 is 5.32 Å². The van der Waals surface area contributed by atoms with Crippen molar-refractivity contribution in [3.63, 3.8) is 0 Å². The first kappa shape index (κ1) is 19.2. The van der Waals surface area contributed by atoms with E-state index in [0.717, 1.165) is 10.4 Å². The summed E-state index contributed by atoms with van der Waals surface area (Å²) >= 11 is 1.50. The zero-order valence-corrected chi connectivity index (χ0v) is 16.1. The van der Waals surface area contributed by atoms with E-state index in [2.05, 4.69) is 10.1 Å². The van der Waals surface area contributed by atoms with E-state index in [1.807, 2.05) is 17.5 Å². The molecule has 3 aromatic rings. The number of methoxy groups -OCH3 is 1. The van der Waals surface area contributed by atoms with Crippen LogP contribution in [0.5, 0.6) is 0 Å². The largest absolute Gasteiger partial charge is 0.472 e. The zero-order chi connectivity index (χ0) is 19.3. The highest BCUT2D eigenvalue weighted by atomic mass is 32.2. The lowest BCUT2D eigenvalue weighted by Gasteiger charge is -2.21. The van der Waals surface area contributed by atoms with Crippen molar-refractivity contribution in [2.24, 2.45) is 0 Å². The summed E-state index contributed by atoms with van der Waals surface area (Å²) in [6.45, 7) is 0.451. The lowest BCUT2D eigenvalue weighted by Crippen LogP contribution is -2.29. The number of furan rings is 1. The lowest BCUT2D eigenvalue weighted by molar-refractivity contribution is 0.187. The van der Waals surface area contributed by atoms with Crippen molar-refractivity contribution in [3.8, 4) is 0 Å². The maximum absolute atomic E-state index is 13.2. The number of rotatable bonds is 7. The number of nitrogens with zero attached hydrogens (tertiary/aromatic N) is 1. The van der Waals surface area contributed by atoms with Crippen molar-refractivity contribution in [2.45, 2.75) is 18.0 Å². The number of hydrogen-bond acceptors (Lipinski definition) is 6. The summed E-state index contributed by atoms with van der Waals surface area (Å²) in [6, 6.07) is 11.5. The second-order valence-electron chi connectivity index (χ2n) is 5.63. The Morgan fingerprint density at radius 2 is 1.96 bits per heavy atom. The van der Waals surface area contributed by atoms with Gasteiger partial charge in [0.2, 0.25) is 10.0 Å². The maximum Gasteiger partial charge on any atom is 0.411 e. The van der Waals surface area contributed by atoms with Crippen LogP contribution in [-0.2, 0) is 27.8 Å². The summed E-state index contributed by atoms with van der Waals surface area (Å²) in [5.41, 5.74) is 1.21. The highest BCUT2D eigenvalue weighted by molar-refractivity contribution is 7.89. The Bertz CT molecular complexity index is 929. The van der Waals surface area contributed by atoms with Crippen LogP contribution in [0.3, 0.4) is 0 Å². The van der Waals surface area contributed by atoms with Gasteiger partial charge >= 0.3 is 6.09 Å². The molecule has 2 aromatic heterocycles. The van der Waals surface area contributed by atoms with Crippen LogP contribution in [0.4, 0.5) is 10.5 Å². The average Bonchev–Trinajstić information content (AvgIpc) is 3.35.